The van der Waals surface area contributed by atoms with Crippen LogP contribution < -0.4 is 5.32 Å². The van der Waals surface area contributed by atoms with Gasteiger partial charge in [0.15, 0.2) is 0 Å². The average molecular weight is 262 g/mol. The molecule has 0 aliphatic heterocycles. The third-order valence-electron chi connectivity index (χ3n) is 2.29. The topological polar surface area (TPSA) is 45.1 Å². The van der Waals surface area contributed by atoms with Gasteiger partial charge in [0.25, 0.3) is 0 Å². The second kappa shape index (κ2) is 5.24. The standard InChI is InChI=1S/C12H17F3N2O/c1-11(2,3)17-7-9(18)10-8(12(13,14)15)5-4-6-16-10/h4-6,9,17-18H,7H2,1-3H3/t9-/m0/s1. The molecule has 0 aromatic carbocycles. The van der Waals surface area contributed by atoms with Crippen LogP contribution in [-0.4, -0.2) is 22.2 Å². The number of hydrogen-bond donors (Lipinski definition) is 2. The van der Waals surface area contributed by atoms with Crippen molar-refractivity contribution < 1.29 is 18.3 Å². The molecule has 0 unspecified atom stereocenters. The molecule has 3 nitrogen and oxygen atoms in total. The first-order valence-electron chi connectivity index (χ1n) is 5.56. The molecule has 1 aromatic heterocycles. The van der Waals surface area contributed by atoms with Crippen molar-refractivity contribution in [1.82, 2.24) is 10.3 Å². The van der Waals surface area contributed by atoms with Crippen molar-refractivity contribution in [2.24, 2.45) is 0 Å². The van der Waals surface area contributed by atoms with Gasteiger partial charge in [-0.15, -0.1) is 0 Å². The molecular weight excluding hydrogens is 245 g/mol. The minimum atomic E-state index is -4.51. The molecule has 1 rings (SSSR count). The molecule has 1 aromatic rings. The van der Waals surface area contributed by atoms with E-state index < -0.39 is 17.8 Å². The first kappa shape index (κ1) is 14.9. The van der Waals surface area contributed by atoms with E-state index in [0.717, 1.165) is 6.07 Å². The van der Waals surface area contributed by atoms with E-state index in [1.807, 2.05) is 20.8 Å². The van der Waals surface area contributed by atoms with E-state index in [0.29, 0.717) is 0 Å². The Balaban J connectivity index is 2.89. The molecule has 1 atom stereocenters. The third kappa shape index (κ3) is 4.27. The van der Waals surface area contributed by atoms with Gasteiger partial charge in [-0.2, -0.15) is 13.2 Å². The van der Waals surface area contributed by atoms with E-state index in [1.165, 1.54) is 12.3 Å². The number of aromatic nitrogens is 1. The second-order valence-electron chi connectivity index (χ2n) is 5.08. The van der Waals surface area contributed by atoms with Crippen molar-refractivity contribution in [2.45, 2.75) is 38.6 Å². The highest BCUT2D eigenvalue weighted by atomic mass is 19.4. The third-order valence-corrected chi connectivity index (χ3v) is 2.29. The van der Waals surface area contributed by atoms with Gasteiger partial charge in [-0.25, -0.2) is 0 Å². The Hall–Kier alpha value is -1.14. The summed E-state index contributed by atoms with van der Waals surface area (Å²) in [6, 6.07) is 2.12. The van der Waals surface area contributed by atoms with Crippen LogP contribution in [0.1, 0.15) is 38.1 Å². The van der Waals surface area contributed by atoms with E-state index in [1.54, 1.807) is 0 Å². The summed E-state index contributed by atoms with van der Waals surface area (Å²) >= 11 is 0. The minimum Gasteiger partial charge on any atom is -0.385 e. The molecule has 0 aliphatic carbocycles. The first-order chi connectivity index (χ1) is 8.11. The molecule has 0 radical (unpaired) electrons. The van der Waals surface area contributed by atoms with Crippen molar-refractivity contribution in [1.29, 1.82) is 0 Å². The molecule has 0 aliphatic rings. The lowest BCUT2D eigenvalue weighted by Crippen LogP contribution is -2.39. The molecule has 2 N–H and O–H groups in total. The van der Waals surface area contributed by atoms with Gasteiger partial charge in [0, 0.05) is 18.3 Å². The fourth-order valence-corrected chi connectivity index (χ4v) is 1.42. The number of rotatable bonds is 3. The smallest absolute Gasteiger partial charge is 0.385 e. The van der Waals surface area contributed by atoms with Crippen molar-refractivity contribution in [3.05, 3.63) is 29.6 Å². The van der Waals surface area contributed by atoms with E-state index in [-0.39, 0.29) is 17.8 Å². The summed E-state index contributed by atoms with van der Waals surface area (Å²) in [6.45, 7) is 5.61. The largest absolute Gasteiger partial charge is 0.418 e. The van der Waals surface area contributed by atoms with Gasteiger partial charge in [0.2, 0.25) is 0 Å². The van der Waals surface area contributed by atoms with Gasteiger partial charge in [0.05, 0.1) is 11.3 Å². The quantitative estimate of drug-likeness (QED) is 0.879. The maximum Gasteiger partial charge on any atom is 0.418 e. The monoisotopic (exact) mass is 262 g/mol. The number of alkyl halides is 3. The zero-order valence-corrected chi connectivity index (χ0v) is 10.5. The number of β-amino-alcohol motifs (C(OH)–C–C–N with tert-alkyl or cyclic N) is 1. The Morgan fingerprint density at radius 2 is 1.94 bits per heavy atom. The van der Waals surface area contributed by atoms with Gasteiger partial charge >= 0.3 is 6.18 Å². The SMILES string of the molecule is CC(C)(C)NC[C@H](O)c1ncccc1C(F)(F)F. The minimum absolute atomic E-state index is 0.0175. The first-order valence-corrected chi connectivity index (χ1v) is 5.56. The van der Waals surface area contributed by atoms with Gasteiger partial charge in [-0.3, -0.25) is 4.98 Å². The summed E-state index contributed by atoms with van der Waals surface area (Å²) < 4.78 is 38.1. The van der Waals surface area contributed by atoms with Crippen LogP contribution in [0.4, 0.5) is 13.2 Å². The number of halogens is 3. The van der Waals surface area contributed by atoms with E-state index in [4.69, 9.17) is 0 Å². The summed E-state index contributed by atoms with van der Waals surface area (Å²) in [7, 11) is 0. The summed E-state index contributed by atoms with van der Waals surface area (Å²) in [6.07, 6.45) is -4.56. The zero-order chi connectivity index (χ0) is 14.0. The number of pyridine rings is 1. The molecule has 0 bridgehead atoms. The molecule has 18 heavy (non-hydrogen) atoms. The lowest BCUT2D eigenvalue weighted by molar-refractivity contribution is -0.139. The summed E-state index contributed by atoms with van der Waals surface area (Å²) in [5, 5.41) is 12.7. The molecule has 0 amide bonds. The van der Waals surface area contributed by atoms with Crippen LogP contribution in [0, 0.1) is 0 Å². The summed E-state index contributed by atoms with van der Waals surface area (Å²) in [4.78, 5) is 3.64. The van der Waals surface area contributed by atoms with E-state index in [9.17, 15) is 18.3 Å². The van der Waals surface area contributed by atoms with Crippen LogP contribution in [0.25, 0.3) is 0 Å². The molecule has 0 fully saturated rings. The highest BCUT2D eigenvalue weighted by Gasteiger charge is 2.35. The average Bonchev–Trinajstić information content (AvgIpc) is 2.24. The summed E-state index contributed by atoms with van der Waals surface area (Å²) in [5.41, 5.74) is -1.52. The van der Waals surface area contributed by atoms with Gasteiger partial charge < -0.3 is 10.4 Å². The van der Waals surface area contributed by atoms with Crippen LogP contribution in [0.3, 0.4) is 0 Å². The molecule has 6 heteroatoms. The van der Waals surface area contributed by atoms with E-state index in [2.05, 4.69) is 10.3 Å². The highest BCUT2D eigenvalue weighted by Crippen LogP contribution is 2.33. The van der Waals surface area contributed by atoms with Gasteiger partial charge in [-0.1, -0.05) is 0 Å². The van der Waals surface area contributed by atoms with Crippen LogP contribution in [-0.2, 0) is 6.18 Å². The Bertz CT molecular complexity index is 399. The number of nitrogens with one attached hydrogen (secondary N) is 1. The normalized spacial score (nSPS) is 14.6. The lowest BCUT2D eigenvalue weighted by atomic mass is 10.1. The van der Waals surface area contributed by atoms with Gasteiger partial charge in [-0.05, 0) is 32.9 Å². The molecule has 102 valence electrons. The number of nitrogens with zero attached hydrogens (tertiary/aromatic N) is 1. The number of hydrogen-bond acceptors (Lipinski definition) is 3. The van der Waals surface area contributed by atoms with Crippen LogP contribution in [0.15, 0.2) is 18.3 Å². The van der Waals surface area contributed by atoms with Crippen molar-refractivity contribution in [2.75, 3.05) is 6.54 Å². The Kier molecular flexibility index (Phi) is 4.34. The zero-order valence-electron chi connectivity index (χ0n) is 10.5. The predicted molar refractivity (Wildman–Crippen MR) is 62.0 cm³/mol. The Morgan fingerprint density at radius 3 is 2.44 bits per heavy atom. The Morgan fingerprint density at radius 1 is 1.33 bits per heavy atom. The Labute approximate surface area is 104 Å². The number of aliphatic hydroxyl groups excluding tert-OH is 1. The highest BCUT2D eigenvalue weighted by molar-refractivity contribution is 5.25. The molecule has 1 heterocycles. The molecular formula is C12H17F3N2O. The maximum atomic E-state index is 12.7. The van der Waals surface area contributed by atoms with Crippen molar-refractivity contribution in [3.63, 3.8) is 0 Å². The van der Waals surface area contributed by atoms with Gasteiger partial charge in [0.1, 0.15) is 6.10 Å². The fourth-order valence-electron chi connectivity index (χ4n) is 1.42. The fraction of sp³-hybridized carbons (Fsp3) is 0.583. The molecule has 0 spiro atoms. The van der Waals surface area contributed by atoms with Crippen LogP contribution in [0.2, 0.25) is 0 Å². The van der Waals surface area contributed by atoms with E-state index >= 15 is 0 Å². The predicted octanol–water partition coefficient (Wildman–Crippen LogP) is 2.52. The van der Waals surface area contributed by atoms with Crippen molar-refractivity contribution in [3.8, 4) is 0 Å². The number of aliphatic hydroxyl groups is 1. The second-order valence-corrected chi connectivity index (χ2v) is 5.08. The maximum absolute atomic E-state index is 12.7. The molecule has 0 saturated carbocycles. The van der Waals surface area contributed by atoms with Crippen LogP contribution >= 0.6 is 0 Å². The summed E-state index contributed by atoms with van der Waals surface area (Å²) in [5.74, 6) is 0. The van der Waals surface area contributed by atoms with Crippen molar-refractivity contribution >= 4 is 0 Å². The van der Waals surface area contributed by atoms with Crippen LogP contribution in [0.5, 0.6) is 0 Å². The lowest BCUT2D eigenvalue weighted by Gasteiger charge is -2.23. The molecule has 0 saturated heterocycles.